The molecule has 1 aromatic carbocycles. The van der Waals surface area contributed by atoms with Crippen molar-refractivity contribution in [1.29, 1.82) is 0 Å². The lowest BCUT2D eigenvalue weighted by atomic mass is 9.96. The lowest BCUT2D eigenvalue weighted by molar-refractivity contribution is -0.136. The van der Waals surface area contributed by atoms with Crippen LogP contribution in [0.3, 0.4) is 0 Å². The highest BCUT2D eigenvalue weighted by Crippen LogP contribution is 2.22. The lowest BCUT2D eigenvalue weighted by Gasteiger charge is -2.34. The van der Waals surface area contributed by atoms with Crippen LogP contribution in [0.1, 0.15) is 34.7 Å². The van der Waals surface area contributed by atoms with Gasteiger partial charge in [0.15, 0.2) is 0 Å². The zero-order chi connectivity index (χ0) is 18.7. The number of aromatic nitrogens is 1. The Bertz CT molecular complexity index is 788. The van der Waals surface area contributed by atoms with Gasteiger partial charge in [0.25, 0.3) is 5.91 Å². The zero-order valence-electron chi connectivity index (χ0n) is 14.9. The number of likely N-dealkylation sites (tertiary alicyclic amines) is 1. The predicted molar refractivity (Wildman–Crippen MR) is 97.8 cm³/mol. The quantitative estimate of drug-likeness (QED) is 0.823. The Morgan fingerprint density at radius 1 is 1.35 bits per heavy atom. The van der Waals surface area contributed by atoms with Gasteiger partial charge in [-0.05, 0) is 44.0 Å². The molecule has 2 heterocycles. The minimum atomic E-state index is -0.196. The van der Waals surface area contributed by atoms with Gasteiger partial charge in [-0.25, -0.2) is 0 Å². The highest BCUT2D eigenvalue weighted by molar-refractivity contribution is 6.30. The molecule has 1 aromatic heterocycles. The van der Waals surface area contributed by atoms with Gasteiger partial charge < -0.3 is 14.3 Å². The molecule has 6 nitrogen and oxygen atoms in total. The second-order valence-electron chi connectivity index (χ2n) is 6.72. The van der Waals surface area contributed by atoms with Crippen LogP contribution in [0.5, 0.6) is 0 Å². The fourth-order valence-electron chi connectivity index (χ4n) is 3.26. The molecule has 0 radical (unpaired) electrons. The number of carbonyl (C=O) groups excluding carboxylic acids is 2. The fourth-order valence-corrected chi connectivity index (χ4v) is 3.39. The van der Waals surface area contributed by atoms with Crippen LogP contribution in [0.25, 0.3) is 0 Å². The minimum Gasteiger partial charge on any atom is -0.361 e. The van der Waals surface area contributed by atoms with Gasteiger partial charge in [-0.1, -0.05) is 16.8 Å². The van der Waals surface area contributed by atoms with E-state index in [-0.39, 0.29) is 17.7 Å². The van der Waals surface area contributed by atoms with E-state index in [0.29, 0.717) is 30.2 Å². The molecule has 138 valence electrons. The third-order valence-electron chi connectivity index (χ3n) is 4.60. The van der Waals surface area contributed by atoms with Crippen molar-refractivity contribution < 1.29 is 14.1 Å². The molecule has 0 unspecified atom stereocenters. The average Bonchev–Trinajstić information content (AvgIpc) is 3.06. The second-order valence-corrected chi connectivity index (χ2v) is 7.16. The molecule has 1 aliphatic rings. The standard InChI is InChI=1S/C19H22ClN3O3/c1-13-10-17(21-26-13)12-22(2)18(24)15-4-3-9-23(11-15)19(25)14-5-7-16(20)8-6-14/h5-8,10,15H,3-4,9,11-12H2,1-2H3/t15-/m0/s1. The smallest absolute Gasteiger partial charge is 0.253 e. The number of amides is 2. The van der Waals surface area contributed by atoms with Crippen LogP contribution in [0.4, 0.5) is 0 Å². The lowest BCUT2D eigenvalue weighted by Crippen LogP contribution is -2.45. The van der Waals surface area contributed by atoms with Crippen molar-refractivity contribution in [3.63, 3.8) is 0 Å². The van der Waals surface area contributed by atoms with Crippen molar-refractivity contribution in [3.8, 4) is 0 Å². The monoisotopic (exact) mass is 375 g/mol. The van der Waals surface area contributed by atoms with Crippen LogP contribution in [0, 0.1) is 12.8 Å². The number of hydrogen-bond acceptors (Lipinski definition) is 4. The molecule has 0 aliphatic carbocycles. The van der Waals surface area contributed by atoms with Gasteiger partial charge in [0.1, 0.15) is 11.5 Å². The Kier molecular flexibility index (Phi) is 5.61. The summed E-state index contributed by atoms with van der Waals surface area (Å²) in [5.41, 5.74) is 1.32. The van der Waals surface area contributed by atoms with Crippen molar-refractivity contribution in [2.75, 3.05) is 20.1 Å². The molecule has 7 heteroatoms. The summed E-state index contributed by atoms with van der Waals surface area (Å²) in [6, 6.07) is 8.66. The summed E-state index contributed by atoms with van der Waals surface area (Å²) in [5.74, 6) is 0.490. The van der Waals surface area contributed by atoms with E-state index in [1.54, 1.807) is 41.1 Å². The van der Waals surface area contributed by atoms with Crippen molar-refractivity contribution >= 4 is 23.4 Å². The number of carbonyl (C=O) groups is 2. The fraction of sp³-hybridized carbons (Fsp3) is 0.421. The average molecular weight is 376 g/mol. The first-order valence-corrected chi connectivity index (χ1v) is 9.04. The van der Waals surface area contributed by atoms with Crippen molar-refractivity contribution in [2.45, 2.75) is 26.3 Å². The molecule has 0 N–H and O–H groups in total. The number of piperidine rings is 1. The topological polar surface area (TPSA) is 66.7 Å². The van der Waals surface area contributed by atoms with Crippen molar-refractivity contribution in [2.24, 2.45) is 5.92 Å². The Balaban J connectivity index is 1.62. The van der Waals surface area contributed by atoms with Crippen LogP contribution in [-0.4, -0.2) is 46.9 Å². The number of hydrogen-bond donors (Lipinski definition) is 0. The summed E-state index contributed by atoms with van der Waals surface area (Å²) in [7, 11) is 1.76. The summed E-state index contributed by atoms with van der Waals surface area (Å²) in [6.45, 7) is 3.32. The second kappa shape index (κ2) is 7.91. The van der Waals surface area contributed by atoms with Crippen LogP contribution >= 0.6 is 11.6 Å². The molecule has 1 aliphatic heterocycles. The largest absolute Gasteiger partial charge is 0.361 e. The van der Waals surface area contributed by atoms with Gasteiger partial charge in [-0.15, -0.1) is 0 Å². The van der Waals surface area contributed by atoms with E-state index in [1.807, 2.05) is 13.0 Å². The molecule has 3 rings (SSSR count). The van der Waals surface area contributed by atoms with E-state index in [1.165, 1.54) is 0 Å². The van der Waals surface area contributed by atoms with Gasteiger partial charge in [0.05, 0.1) is 12.5 Å². The van der Waals surface area contributed by atoms with Gasteiger partial charge in [-0.2, -0.15) is 0 Å². The van der Waals surface area contributed by atoms with Crippen molar-refractivity contribution in [1.82, 2.24) is 15.0 Å². The first-order chi connectivity index (χ1) is 12.4. The Morgan fingerprint density at radius 3 is 2.73 bits per heavy atom. The molecule has 2 aromatic rings. The maximum Gasteiger partial charge on any atom is 0.253 e. The van der Waals surface area contributed by atoms with Crippen molar-refractivity contribution in [3.05, 3.63) is 52.4 Å². The summed E-state index contributed by atoms with van der Waals surface area (Å²) in [6.07, 6.45) is 1.60. The Morgan fingerprint density at radius 2 is 2.08 bits per heavy atom. The number of nitrogens with zero attached hydrogens (tertiary/aromatic N) is 3. The first kappa shape index (κ1) is 18.5. The molecule has 26 heavy (non-hydrogen) atoms. The molecule has 0 spiro atoms. The van der Waals surface area contributed by atoms with Gasteiger partial charge in [0, 0.05) is 36.8 Å². The third kappa shape index (κ3) is 4.25. The van der Waals surface area contributed by atoms with E-state index in [4.69, 9.17) is 16.1 Å². The van der Waals surface area contributed by atoms with E-state index >= 15 is 0 Å². The summed E-state index contributed by atoms with van der Waals surface area (Å²) in [4.78, 5) is 28.9. The van der Waals surface area contributed by atoms with Crippen LogP contribution < -0.4 is 0 Å². The molecular formula is C19H22ClN3O3. The summed E-state index contributed by atoms with van der Waals surface area (Å²) >= 11 is 5.88. The SMILES string of the molecule is Cc1cc(CN(C)C(=O)[C@H]2CCCN(C(=O)c3ccc(Cl)cc3)C2)no1. The van der Waals surface area contributed by atoms with Gasteiger partial charge in [0.2, 0.25) is 5.91 Å². The molecule has 0 bridgehead atoms. The number of benzene rings is 1. The first-order valence-electron chi connectivity index (χ1n) is 8.66. The van der Waals surface area contributed by atoms with E-state index < -0.39 is 0 Å². The van der Waals surface area contributed by atoms with Crippen LogP contribution in [-0.2, 0) is 11.3 Å². The number of aryl methyl sites for hydroxylation is 1. The minimum absolute atomic E-state index is 0.0271. The highest BCUT2D eigenvalue weighted by Gasteiger charge is 2.30. The molecule has 1 fully saturated rings. The molecule has 0 saturated carbocycles. The van der Waals surface area contributed by atoms with Crippen LogP contribution in [0.2, 0.25) is 5.02 Å². The third-order valence-corrected chi connectivity index (χ3v) is 4.85. The summed E-state index contributed by atoms with van der Waals surface area (Å²) in [5, 5.41) is 4.52. The van der Waals surface area contributed by atoms with Crippen LogP contribution in [0.15, 0.2) is 34.9 Å². The predicted octanol–water partition coefficient (Wildman–Crippen LogP) is 3.15. The molecular weight excluding hydrogens is 354 g/mol. The summed E-state index contributed by atoms with van der Waals surface area (Å²) < 4.78 is 5.05. The zero-order valence-corrected chi connectivity index (χ0v) is 15.7. The van der Waals surface area contributed by atoms with Gasteiger partial charge in [-0.3, -0.25) is 9.59 Å². The maximum atomic E-state index is 12.8. The molecule has 1 saturated heterocycles. The molecule has 2 amide bonds. The van der Waals surface area contributed by atoms with Gasteiger partial charge >= 0.3 is 0 Å². The Hall–Kier alpha value is -2.34. The van der Waals surface area contributed by atoms with E-state index in [2.05, 4.69) is 5.16 Å². The normalized spacial score (nSPS) is 17.2. The van der Waals surface area contributed by atoms with E-state index in [0.717, 1.165) is 24.3 Å². The Labute approximate surface area is 157 Å². The number of rotatable bonds is 4. The molecule has 1 atom stereocenters. The maximum absolute atomic E-state index is 12.8. The van der Waals surface area contributed by atoms with E-state index in [9.17, 15) is 9.59 Å². The number of halogens is 1. The highest BCUT2D eigenvalue weighted by atomic mass is 35.5.